The number of nitrogens with zero attached hydrogens (tertiary/aromatic N) is 1. The first kappa shape index (κ1) is 29.6. The molecule has 248 valence electrons. The maximum Gasteiger partial charge on any atom is 0.159 e. The zero-order valence-electron chi connectivity index (χ0n) is 28.7. The molecule has 2 heterocycles. The Balaban J connectivity index is 1.22. The van der Waals surface area contributed by atoms with Crippen LogP contribution in [0.4, 0.5) is 17.1 Å². The van der Waals surface area contributed by atoms with Crippen LogP contribution in [0.5, 0.6) is 0 Å². The highest BCUT2D eigenvalue weighted by Crippen LogP contribution is 2.48. The summed E-state index contributed by atoms with van der Waals surface area (Å²) in [6.07, 6.45) is 0. The number of hydrogen-bond donors (Lipinski definition) is 0. The van der Waals surface area contributed by atoms with Crippen molar-refractivity contribution in [2.45, 2.75) is 0 Å². The predicted molar refractivity (Wildman–Crippen MR) is 222 cm³/mol. The van der Waals surface area contributed by atoms with Gasteiger partial charge >= 0.3 is 0 Å². The van der Waals surface area contributed by atoms with Gasteiger partial charge in [-0.2, -0.15) is 0 Å². The SMILES string of the molecule is c1ccc(-c2ccc(N(c3cc4c(oc5cccc(-c6ccc7ccccc7c6)c54)c4ccccc34)c3cccc4c3oc3ccccc34)cc2)cc1. The molecule has 0 atom stereocenters. The van der Waals surface area contributed by atoms with Crippen molar-refractivity contribution in [1.82, 2.24) is 0 Å². The van der Waals surface area contributed by atoms with Crippen molar-refractivity contribution in [1.29, 1.82) is 0 Å². The lowest BCUT2D eigenvalue weighted by Gasteiger charge is -2.27. The smallest absolute Gasteiger partial charge is 0.159 e. The molecule has 9 aromatic carbocycles. The van der Waals surface area contributed by atoms with Crippen molar-refractivity contribution in [2.75, 3.05) is 4.90 Å². The lowest BCUT2D eigenvalue weighted by atomic mass is 9.95. The fraction of sp³-hybridized carbons (Fsp3) is 0. The van der Waals surface area contributed by atoms with Gasteiger partial charge in [0.25, 0.3) is 0 Å². The lowest BCUT2D eigenvalue weighted by Crippen LogP contribution is -2.11. The van der Waals surface area contributed by atoms with Crippen molar-refractivity contribution in [3.05, 3.63) is 188 Å². The Morgan fingerprint density at radius 3 is 1.83 bits per heavy atom. The van der Waals surface area contributed by atoms with E-state index in [9.17, 15) is 0 Å². The number of furan rings is 2. The van der Waals surface area contributed by atoms with Crippen LogP contribution in [-0.4, -0.2) is 0 Å². The number of rotatable bonds is 5. The third-order valence-corrected chi connectivity index (χ3v) is 10.6. The molecule has 3 heteroatoms. The summed E-state index contributed by atoms with van der Waals surface area (Å²) in [7, 11) is 0. The van der Waals surface area contributed by atoms with E-state index in [1.807, 2.05) is 12.1 Å². The van der Waals surface area contributed by atoms with Gasteiger partial charge in [0.1, 0.15) is 16.7 Å². The molecule has 0 amide bonds. The van der Waals surface area contributed by atoms with Gasteiger partial charge in [-0.3, -0.25) is 0 Å². The van der Waals surface area contributed by atoms with Gasteiger partial charge in [-0.25, -0.2) is 0 Å². The van der Waals surface area contributed by atoms with Gasteiger partial charge in [-0.15, -0.1) is 0 Å². The van der Waals surface area contributed by atoms with E-state index in [1.165, 1.54) is 16.3 Å². The van der Waals surface area contributed by atoms with Crippen LogP contribution in [0.2, 0.25) is 0 Å². The van der Waals surface area contributed by atoms with Crippen LogP contribution in [0, 0.1) is 0 Å². The second-order valence-corrected chi connectivity index (χ2v) is 13.7. The summed E-state index contributed by atoms with van der Waals surface area (Å²) < 4.78 is 13.5. The van der Waals surface area contributed by atoms with E-state index in [-0.39, 0.29) is 0 Å². The molecule has 53 heavy (non-hydrogen) atoms. The summed E-state index contributed by atoms with van der Waals surface area (Å²) >= 11 is 0. The molecular formula is C50H31NO2. The predicted octanol–water partition coefficient (Wildman–Crippen LogP) is 14.6. The number of para-hydroxylation sites is 2. The van der Waals surface area contributed by atoms with Crippen molar-refractivity contribution < 1.29 is 8.83 Å². The molecule has 0 aliphatic rings. The van der Waals surface area contributed by atoms with Crippen LogP contribution < -0.4 is 4.90 Å². The second kappa shape index (κ2) is 11.7. The molecule has 3 nitrogen and oxygen atoms in total. The van der Waals surface area contributed by atoms with E-state index in [4.69, 9.17) is 8.83 Å². The summed E-state index contributed by atoms with van der Waals surface area (Å²) in [5.41, 5.74) is 11.2. The van der Waals surface area contributed by atoms with Gasteiger partial charge in [0.2, 0.25) is 0 Å². The monoisotopic (exact) mass is 677 g/mol. The number of fused-ring (bicyclic) bond motifs is 9. The van der Waals surface area contributed by atoms with E-state index in [2.05, 4.69) is 181 Å². The van der Waals surface area contributed by atoms with E-state index in [0.29, 0.717) is 0 Å². The van der Waals surface area contributed by atoms with Crippen LogP contribution in [0.1, 0.15) is 0 Å². The Bertz CT molecular complexity index is 3170. The minimum Gasteiger partial charge on any atom is -0.455 e. The minimum atomic E-state index is 0.846. The van der Waals surface area contributed by atoms with Gasteiger partial charge in [0, 0.05) is 38.0 Å². The molecule has 2 aromatic heterocycles. The normalized spacial score (nSPS) is 11.8. The highest BCUT2D eigenvalue weighted by Gasteiger charge is 2.24. The van der Waals surface area contributed by atoms with Crippen LogP contribution in [0.3, 0.4) is 0 Å². The average molecular weight is 678 g/mol. The highest BCUT2D eigenvalue weighted by molar-refractivity contribution is 6.23. The van der Waals surface area contributed by atoms with Crippen molar-refractivity contribution in [3.8, 4) is 22.3 Å². The van der Waals surface area contributed by atoms with Crippen molar-refractivity contribution >= 4 is 82.5 Å². The van der Waals surface area contributed by atoms with E-state index in [1.54, 1.807) is 0 Å². The summed E-state index contributed by atoms with van der Waals surface area (Å²) in [4.78, 5) is 2.36. The molecule has 11 rings (SSSR count). The lowest BCUT2D eigenvalue weighted by molar-refractivity contribution is 0.669. The Morgan fingerprint density at radius 2 is 0.962 bits per heavy atom. The molecule has 0 fully saturated rings. The van der Waals surface area contributed by atoms with Crippen molar-refractivity contribution in [2.24, 2.45) is 0 Å². The summed E-state index contributed by atoms with van der Waals surface area (Å²) in [6.45, 7) is 0. The summed E-state index contributed by atoms with van der Waals surface area (Å²) in [5.74, 6) is 0. The second-order valence-electron chi connectivity index (χ2n) is 13.7. The maximum absolute atomic E-state index is 6.80. The van der Waals surface area contributed by atoms with Crippen LogP contribution in [-0.2, 0) is 0 Å². The first-order chi connectivity index (χ1) is 26.3. The van der Waals surface area contributed by atoms with Crippen LogP contribution in [0.15, 0.2) is 197 Å². The van der Waals surface area contributed by atoms with E-state index in [0.717, 1.165) is 88.4 Å². The Kier molecular flexibility index (Phi) is 6.55. The largest absolute Gasteiger partial charge is 0.455 e. The van der Waals surface area contributed by atoms with Crippen LogP contribution >= 0.6 is 0 Å². The zero-order valence-corrected chi connectivity index (χ0v) is 28.7. The molecule has 0 saturated heterocycles. The molecule has 0 bridgehead atoms. The van der Waals surface area contributed by atoms with Gasteiger partial charge in [-0.1, -0.05) is 146 Å². The topological polar surface area (TPSA) is 29.5 Å². The molecule has 0 N–H and O–H groups in total. The van der Waals surface area contributed by atoms with Gasteiger partial charge < -0.3 is 13.7 Å². The van der Waals surface area contributed by atoms with E-state index < -0.39 is 0 Å². The minimum absolute atomic E-state index is 0.846. The van der Waals surface area contributed by atoms with Crippen LogP contribution in [0.25, 0.3) is 87.7 Å². The van der Waals surface area contributed by atoms with Gasteiger partial charge in [-0.05, 0) is 75.5 Å². The quantitative estimate of drug-likeness (QED) is 0.182. The highest BCUT2D eigenvalue weighted by atomic mass is 16.3. The van der Waals surface area contributed by atoms with E-state index >= 15 is 0 Å². The summed E-state index contributed by atoms with van der Waals surface area (Å²) in [5, 5.41) is 8.94. The molecule has 0 aliphatic heterocycles. The third-order valence-electron chi connectivity index (χ3n) is 10.6. The molecule has 0 saturated carbocycles. The number of benzene rings is 9. The Hall–Kier alpha value is -7.10. The molecule has 0 radical (unpaired) electrons. The zero-order chi connectivity index (χ0) is 34.9. The third kappa shape index (κ3) is 4.68. The fourth-order valence-electron chi connectivity index (χ4n) is 8.16. The first-order valence-electron chi connectivity index (χ1n) is 18.0. The van der Waals surface area contributed by atoms with Gasteiger partial charge in [0.05, 0.1) is 11.4 Å². The molecule has 0 spiro atoms. The first-order valence-corrected chi connectivity index (χ1v) is 18.0. The molecule has 0 unspecified atom stereocenters. The summed E-state index contributed by atoms with van der Waals surface area (Å²) in [6, 6.07) is 66.7. The number of hydrogen-bond acceptors (Lipinski definition) is 3. The Labute approximate surface area is 305 Å². The Morgan fingerprint density at radius 1 is 0.340 bits per heavy atom. The fourth-order valence-corrected chi connectivity index (χ4v) is 8.16. The molecule has 0 aliphatic carbocycles. The van der Waals surface area contributed by atoms with Crippen molar-refractivity contribution in [3.63, 3.8) is 0 Å². The van der Waals surface area contributed by atoms with Gasteiger partial charge in [0.15, 0.2) is 5.58 Å². The molecular weight excluding hydrogens is 647 g/mol. The standard InChI is InChI=1S/C50H31NO2/c1-2-12-32(13-3-1)34-26-28-37(29-27-34)51(44-21-10-20-42-40-17-8-9-22-46(40)52-50(42)44)45-31-43-48-38(36-25-24-33-14-4-5-15-35(33)30-36)19-11-23-47(48)53-49(43)41-18-7-6-16-39(41)45/h1-31H. The molecule has 11 aromatic rings. The maximum atomic E-state index is 6.80. The average Bonchev–Trinajstić information content (AvgIpc) is 3.81. The number of anilines is 3.